The molecule has 0 saturated heterocycles. The molecule has 1 aliphatic heterocycles. The van der Waals surface area contributed by atoms with Crippen molar-refractivity contribution in [3.63, 3.8) is 0 Å². The highest BCUT2D eigenvalue weighted by molar-refractivity contribution is 5.74. The monoisotopic (exact) mass is 385 g/mol. The van der Waals surface area contributed by atoms with Crippen LogP contribution in [-0.2, 0) is 0 Å². The van der Waals surface area contributed by atoms with E-state index < -0.39 is 0 Å². The first-order valence-corrected chi connectivity index (χ1v) is 9.87. The van der Waals surface area contributed by atoms with E-state index in [1.165, 1.54) is 22.3 Å². The van der Waals surface area contributed by atoms with Crippen LogP contribution < -0.4 is 9.47 Å². The molecule has 2 atom stereocenters. The fourth-order valence-corrected chi connectivity index (χ4v) is 4.28. The zero-order chi connectivity index (χ0) is 20.0. The minimum Gasteiger partial charge on any atom is -0.497 e. The van der Waals surface area contributed by atoms with Crippen molar-refractivity contribution < 1.29 is 13.9 Å². The van der Waals surface area contributed by atoms with Crippen molar-refractivity contribution in [2.24, 2.45) is 0 Å². The maximum Gasteiger partial charge on any atom is 0.192 e. The number of hydrogen-bond donors (Lipinski definition) is 0. The van der Waals surface area contributed by atoms with Crippen molar-refractivity contribution in [2.45, 2.75) is 25.7 Å². The molecule has 0 spiro atoms. The lowest BCUT2D eigenvalue weighted by Gasteiger charge is -2.34. The topological polar surface area (TPSA) is 44.5 Å². The number of ether oxygens (including phenoxy) is 2. The number of aryl methyl sites for hydroxylation is 2. The molecular weight excluding hydrogens is 362 g/mol. The van der Waals surface area contributed by atoms with Gasteiger partial charge in [-0.3, -0.25) is 0 Å². The zero-order valence-corrected chi connectivity index (χ0v) is 16.8. The van der Waals surface area contributed by atoms with Crippen LogP contribution >= 0.6 is 0 Å². The summed E-state index contributed by atoms with van der Waals surface area (Å²) in [4.78, 5) is 4.54. The molecule has 0 fully saturated rings. The number of aromatic nitrogens is 1. The van der Waals surface area contributed by atoms with Gasteiger partial charge in [0.15, 0.2) is 11.5 Å². The van der Waals surface area contributed by atoms with Crippen molar-refractivity contribution in [2.75, 3.05) is 13.7 Å². The van der Waals surface area contributed by atoms with Gasteiger partial charge in [-0.05, 0) is 36.2 Å². The molecule has 4 heteroatoms. The fraction of sp³-hybridized carbons (Fsp3) is 0.240. The van der Waals surface area contributed by atoms with Crippen LogP contribution in [-0.4, -0.2) is 18.7 Å². The summed E-state index contributed by atoms with van der Waals surface area (Å²) in [5, 5.41) is 0. The van der Waals surface area contributed by atoms with E-state index in [0.717, 1.165) is 22.6 Å². The van der Waals surface area contributed by atoms with Gasteiger partial charge in [0, 0.05) is 30.4 Å². The van der Waals surface area contributed by atoms with Crippen LogP contribution in [0.1, 0.15) is 40.0 Å². The molecule has 4 nitrogen and oxygen atoms in total. The Morgan fingerprint density at radius 2 is 1.72 bits per heavy atom. The van der Waals surface area contributed by atoms with E-state index in [-0.39, 0.29) is 11.8 Å². The summed E-state index contributed by atoms with van der Waals surface area (Å²) in [5.41, 5.74) is 6.63. The van der Waals surface area contributed by atoms with Gasteiger partial charge in [0.2, 0.25) is 0 Å². The highest BCUT2D eigenvalue weighted by Crippen LogP contribution is 2.47. The highest BCUT2D eigenvalue weighted by atomic mass is 16.5. The summed E-state index contributed by atoms with van der Waals surface area (Å²) < 4.78 is 17.3. The fourth-order valence-electron chi connectivity index (χ4n) is 4.28. The van der Waals surface area contributed by atoms with E-state index in [0.29, 0.717) is 12.5 Å². The summed E-state index contributed by atoms with van der Waals surface area (Å²) in [7, 11) is 1.68. The average molecular weight is 385 g/mol. The molecule has 29 heavy (non-hydrogen) atoms. The minimum absolute atomic E-state index is 0.161. The van der Waals surface area contributed by atoms with Gasteiger partial charge in [-0.25, -0.2) is 4.98 Å². The molecule has 0 aliphatic carbocycles. The predicted octanol–water partition coefficient (Wildman–Crippen LogP) is 5.76. The number of nitrogens with zero attached hydrogens (tertiary/aromatic N) is 1. The van der Waals surface area contributed by atoms with E-state index in [1.54, 1.807) is 7.11 Å². The largest absolute Gasteiger partial charge is 0.497 e. The molecule has 2 heterocycles. The van der Waals surface area contributed by atoms with E-state index in [9.17, 15) is 0 Å². The summed E-state index contributed by atoms with van der Waals surface area (Å²) in [6.45, 7) is 4.61. The molecule has 4 aromatic rings. The number of rotatable bonds is 3. The van der Waals surface area contributed by atoms with E-state index >= 15 is 0 Å². The lowest BCUT2D eigenvalue weighted by Crippen LogP contribution is -2.25. The number of oxazole rings is 1. The smallest absolute Gasteiger partial charge is 0.192 e. The first-order chi connectivity index (χ1) is 14.1. The maximum absolute atomic E-state index is 6.19. The second-order valence-electron chi connectivity index (χ2n) is 7.67. The molecule has 0 saturated carbocycles. The summed E-state index contributed by atoms with van der Waals surface area (Å²) in [5.74, 6) is 2.74. The Bertz CT molecular complexity index is 1180. The number of methoxy groups -OCH3 is 1. The molecular formula is C25H23NO3. The van der Waals surface area contributed by atoms with Crippen molar-refractivity contribution in [3.8, 4) is 11.5 Å². The van der Waals surface area contributed by atoms with Crippen LogP contribution in [0.3, 0.4) is 0 Å². The summed E-state index contributed by atoms with van der Waals surface area (Å²) >= 11 is 0. The maximum atomic E-state index is 6.19. The Balaban J connectivity index is 1.67. The second kappa shape index (κ2) is 6.96. The normalized spacial score (nSPS) is 18.3. The second-order valence-corrected chi connectivity index (χ2v) is 7.67. The van der Waals surface area contributed by atoms with Crippen LogP contribution in [0.25, 0.3) is 11.1 Å². The van der Waals surface area contributed by atoms with Gasteiger partial charge in [0.05, 0.1) is 13.7 Å². The van der Waals surface area contributed by atoms with Gasteiger partial charge in [0.1, 0.15) is 17.0 Å². The number of fused-ring (bicyclic) bond motifs is 2. The van der Waals surface area contributed by atoms with Crippen LogP contribution in [0.15, 0.2) is 65.1 Å². The molecule has 0 radical (unpaired) electrons. The summed E-state index contributed by atoms with van der Waals surface area (Å²) in [6, 6.07) is 21.2. The van der Waals surface area contributed by atoms with Crippen LogP contribution in [0.2, 0.25) is 0 Å². The molecule has 5 rings (SSSR count). The average Bonchev–Trinajstić information content (AvgIpc) is 3.12. The Labute approximate surface area is 170 Å². The third-order valence-electron chi connectivity index (χ3n) is 5.76. The highest BCUT2D eigenvalue weighted by Gasteiger charge is 2.34. The SMILES string of the molecule is COc1ccc2c(c1)OC[C@@H](c1ccc(C)cc1)[C@H]2c1ccc2oc(C)nc2c1. The molecule has 0 amide bonds. The third-order valence-corrected chi connectivity index (χ3v) is 5.76. The lowest BCUT2D eigenvalue weighted by atomic mass is 9.75. The third kappa shape index (κ3) is 3.15. The molecule has 3 aromatic carbocycles. The van der Waals surface area contributed by atoms with E-state index in [1.807, 2.05) is 25.1 Å². The number of benzene rings is 3. The van der Waals surface area contributed by atoms with Crippen molar-refractivity contribution in [1.29, 1.82) is 0 Å². The van der Waals surface area contributed by atoms with Crippen molar-refractivity contribution in [1.82, 2.24) is 4.98 Å². The van der Waals surface area contributed by atoms with Crippen LogP contribution in [0.5, 0.6) is 11.5 Å². The van der Waals surface area contributed by atoms with Crippen molar-refractivity contribution in [3.05, 3.63) is 88.8 Å². The minimum atomic E-state index is 0.161. The lowest BCUT2D eigenvalue weighted by molar-refractivity contribution is 0.247. The molecule has 146 valence electrons. The Kier molecular flexibility index (Phi) is 4.27. The van der Waals surface area contributed by atoms with E-state index in [2.05, 4.69) is 54.4 Å². The number of hydrogen-bond acceptors (Lipinski definition) is 4. The first-order valence-electron chi connectivity index (χ1n) is 9.87. The van der Waals surface area contributed by atoms with Gasteiger partial charge >= 0.3 is 0 Å². The predicted molar refractivity (Wildman–Crippen MR) is 113 cm³/mol. The molecule has 1 aliphatic rings. The van der Waals surface area contributed by atoms with Gasteiger partial charge < -0.3 is 13.9 Å². The van der Waals surface area contributed by atoms with Gasteiger partial charge in [-0.15, -0.1) is 0 Å². The Hall–Kier alpha value is -3.27. The Morgan fingerprint density at radius 1 is 0.931 bits per heavy atom. The van der Waals surface area contributed by atoms with Gasteiger partial charge in [0.25, 0.3) is 0 Å². The Morgan fingerprint density at radius 3 is 2.52 bits per heavy atom. The zero-order valence-electron chi connectivity index (χ0n) is 16.8. The molecule has 1 aromatic heterocycles. The quantitative estimate of drug-likeness (QED) is 0.450. The molecule has 0 bridgehead atoms. The van der Waals surface area contributed by atoms with Crippen LogP contribution in [0, 0.1) is 13.8 Å². The van der Waals surface area contributed by atoms with Gasteiger partial charge in [-0.2, -0.15) is 0 Å². The summed E-state index contributed by atoms with van der Waals surface area (Å²) in [6.07, 6.45) is 0. The van der Waals surface area contributed by atoms with Crippen molar-refractivity contribution >= 4 is 11.1 Å². The van der Waals surface area contributed by atoms with Crippen LogP contribution in [0.4, 0.5) is 0 Å². The first kappa shape index (κ1) is 17.8. The molecule has 0 unspecified atom stereocenters. The van der Waals surface area contributed by atoms with E-state index in [4.69, 9.17) is 13.9 Å². The molecule has 0 N–H and O–H groups in total. The standard InChI is InChI=1S/C25H23NO3/c1-15-4-6-17(7-5-15)21-14-28-24-13-19(27-3)9-10-20(24)25(21)18-8-11-23-22(12-18)26-16(2)29-23/h4-13,21,25H,14H2,1-3H3/t21-,25-/m0/s1. The van der Waals surface area contributed by atoms with Gasteiger partial charge in [-0.1, -0.05) is 42.0 Å².